The van der Waals surface area contributed by atoms with Crippen molar-refractivity contribution in [3.05, 3.63) is 60.1 Å². The minimum Gasteiger partial charge on any atom is -0.497 e. The van der Waals surface area contributed by atoms with E-state index >= 15 is 0 Å². The van der Waals surface area contributed by atoms with Crippen LogP contribution in [0.4, 0.5) is 0 Å². The normalized spacial score (nSPS) is 13.7. The molecule has 0 radical (unpaired) electrons. The van der Waals surface area contributed by atoms with Gasteiger partial charge in [-0.3, -0.25) is 4.57 Å². The van der Waals surface area contributed by atoms with Gasteiger partial charge in [0.2, 0.25) is 11.7 Å². The number of rotatable bonds is 8. The van der Waals surface area contributed by atoms with E-state index in [0.717, 1.165) is 40.9 Å². The van der Waals surface area contributed by atoms with Crippen molar-refractivity contribution < 1.29 is 13.7 Å². The number of hydrogen-bond donors (Lipinski definition) is 0. The lowest BCUT2D eigenvalue weighted by atomic mass is 10.2. The monoisotopic (exact) mass is 409 g/mol. The number of nitrogens with zero attached hydrogens (tertiary/aromatic N) is 5. The van der Waals surface area contributed by atoms with Crippen molar-refractivity contribution in [2.75, 3.05) is 7.11 Å². The van der Waals surface area contributed by atoms with Crippen LogP contribution in [-0.2, 0) is 12.3 Å². The molecule has 3 aromatic heterocycles. The molecule has 0 saturated heterocycles. The van der Waals surface area contributed by atoms with E-state index in [4.69, 9.17) is 13.7 Å². The molecule has 9 heteroatoms. The van der Waals surface area contributed by atoms with E-state index in [1.807, 2.05) is 36.4 Å². The number of benzene rings is 1. The summed E-state index contributed by atoms with van der Waals surface area (Å²) in [6.45, 7) is 0.620. The molecule has 0 amide bonds. The van der Waals surface area contributed by atoms with Gasteiger partial charge in [0, 0.05) is 11.5 Å². The largest absolute Gasteiger partial charge is 0.497 e. The number of methoxy groups -OCH3 is 1. The molecule has 148 valence electrons. The van der Waals surface area contributed by atoms with Crippen LogP contribution in [0.15, 0.2) is 56.8 Å². The molecule has 0 bridgehead atoms. The summed E-state index contributed by atoms with van der Waals surface area (Å²) >= 11 is 1.53. The van der Waals surface area contributed by atoms with Gasteiger partial charge in [-0.05, 0) is 49.2 Å². The second kappa shape index (κ2) is 7.75. The summed E-state index contributed by atoms with van der Waals surface area (Å²) < 4.78 is 18.2. The minimum atomic E-state index is 0.497. The lowest BCUT2D eigenvalue weighted by Crippen LogP contribution is -2.05. The van der Waals surface area contributed by atoms with Crippen LogP contribution in [0.5, 0.6) is 5.75 Å². The molecule has 0 unspecified atom stereocenters. The minimum absolute atomic E-state index is 0.497. The van der Waals surface area contributed by atoms with Gasteiger partial charge in [-0.25, -0.2) is 0 Å². The molecule has 29 heavy (non-hydrogen) atoms. The summed E-state index contributed by atoms with van der Waals surface area (Å²) in [4.78, 5) is 4.50. The van der Waals surface area contributed by atoms with E-state index in [9.17, 15) is 0 Å². The topological polar surface area (TPSA) is 92.0 Å². The first-order valence-corrected chi connectivity index (χ1v) is 10.3. The smallest absolute Gasteiger partial charge is 0.237 e. The van der Waals surface area contributed by atoms with Crippen LogP contribution in [0.25, 0.3) is 11.4 Å². The Morgan fingerprint density at radius 2 is 2.03 bits per heavy atom. The van der Waals surface area contributed by atoms with Crippen molar-refractivity contribution in [1.82, 2.24) is 24.9 Å². The second-order valence-electron chi connectivity index (χ2n) is 6.81. The van der Waals surface area contributed by atoms with Crippen molar-refractivity contribution in [1.29, 1.82) is 0 Å². The molecule has 0 aliphatic heterocycles. The van der Waals surface area contributed by atoms with Crippen LogP contribution in [0, 0.1) is 0 Å². The molecular weight excluding hydrogens is 390 g/mol. The SMILES string of the molecule is COc1ccc(-c2noc(CSc3nnc(C4CC4)n3Cc3ccco3)n2)cc1. The second-order valence-corrected chi connectivity index (χ2v) is 7.75. The summed E-state index contributed by atoms with van der Waals surface area (Å²) in [7, 11) is 1.64. The first kappa shape index (κ1) is 18.0. The Balaban J connectivity index is 1.31. The highest BCUT2D eigenvalue weighted by molar-refractivity contribution is 7.98. The van der Waals surface area contributed by atoms with Gasteiger partial charge < -0.3 is 13.7 Å². The summed E-state index contributed by atoms with van der Waals surface area (Å²) in [5.74, 6) is 4.80. The fraction of sp³-hybridized carbons (Fsp3) is 0.300. The van der Waals surface area contributed by atoms with Crippen LogP contribution in [0.3, 0.4) is 0 Å². The Morgan fingerprint density at radius 3 is 2.76 bits per heavy atom. The standard InChI is InChI=1S/C20H19N5O3S/c1-26-15-8-6-13(7-9-15)18-21-17(28-24-18)12-29-20-23-22-19(14-4-5-14)25(20)11-16-3-2-10-27-16/h2-3,6-10,14H,4-5,11-12H2,1H3. The Labute approximate surface area is 171 Å². The number of furan rings is 1. The molecule has 1 aromatic carbocycles. The first-order valence-electron chi connectivity index (χ1n) is 9.35. The van der Waals surface area contributed by atoms with Gasteiger partial charge in [0.25, 0.3) is 0 Å². The molecule has 0 N–H and O–H groups in total. The third kappa shape index (κ3) is 3.91. The highest BCUT2D eigenvalue weighted by Crippen LogP contribution is 2.40. The number of aromatic nitrogens is 5. The third-order valence-corrected chi connectivity index (χ3v) is 5.67. The van der Waals surface area contributed by atoms with E-state index in [-0.39, 0.29) is 0 Å². The van der Waals surface area contributed by atoms with Gasteiger partial charge in [0.05, 0.1) is 25.7 Å². The predicted octanol–water partition coefficient (Wildman–Crippen LogP) is 4.15. The van der Waals surface area contributed by atoms with Gasteiger partial charge >= 0.3 is 0 Å². The van der Waals surface area contributed by atoms with E-state index in [1.54, 1.807) is 13.4 Å². The maximum absolute atomic E-state index is 5.51. The van der Waals surface area contributed by atoms with E-state index in [0.29, 0.717) is 29.9 Å². The van der Waals surface area contributed by atoms with Gasteiger partial charge in [0.15, 0.2) is 5.16 Å². The van der Waals surface area contributed by atoms with Crippen LogP contribution in [0.1, 0.15) is 36.2 Å². The van der Waals surface area contributed by atoms with Crippen LogP contribution < -0.4 is 4.74 Å². The molecule has 0 spiro atoms. The molecule has 5 rings (SSSR count). The Kier molecular flexibility index (Phi) is 4.81. The number of thioether (sulfide) groups is 1. The van der Waals surface area contributed by atoms with Crippen LogP contribution in [-0.4, -0.2) is 32.0 Å². The Morgan fingerprint density at radius 1 is 1.17 bits per heavy atom. The zero-order valence-corrected chi connectivity index (χ0v) is 16.6. The zero-order chi connectivity index (χ0) is 19.6. The average molecular weight is 409 g/mol. The van der Waals surface area contributed by atoms with E-state index in [1.165, 1.54) is 11.8 Å². The molecule has 1 aliphatic carbocycles. The molecule has 3 heterocycles. The maximum atomic E-state index is 5.51. The van der Waals surface area contributed by atoms with Crippen molar-refractivity contribution in [3.8, 4) is 17.1 Å². The van der Waals surface area contributed by atoms with E-state index < -0.39 is 0 Å². The molecular formula is C20H19N5O3S. The molecule has 8 nitrogen and oxygen atoms in total. The quantitative estimate of drug-likeness (QED) is 0.401. The molecule has 1 fully saturated rings. The molecule has 1 saturated carbocycles. The average Bonchev–Trinajstić information content (AvgIpc) is 3.14. The van der Waals surface area contributed by atoms with E-state index in [2.05, 4.69) is 24.9 Å². The Bertz CT molecular complexity index is 1080. The maximum Gasteiger partial charge on any atom is 0.237 e. The highest BCUT2D eigenvalue weighted by Gasteiger charge is 2.30. The van der Waals surface area contributed by atoms with Crippen LogP contribution >= 0.6 is 11.8 Å². The summed E-state index contributed by atoms with van der Waals surface area (Å²) in [6, 6.07) is 11.4. The summed E-state index contributed by atoms with van der Waals surface area (Å²) in [5, 5.41) is 13.7. The predicted molar refractivity (Wildman–Crippen MR) is 106 cm³/mol. The van der Waals surface area contributed by atoms with Crippen LogP contribution in [0.2, 0.25) is 0 Å². The zero-order valence-electron chi connectivity index (χ0n) is 15.8. The fourth-order valence-corrected chi connectivity index (χ4v) is 3.84. The fourth-order valence-electron chi connectivity index (χ4n) is 3.05. The van der Waals surface area contributed by atoms with Crippen molar-refractivity contribution in [2.24, 2.45) is 0 Å². The van der Waals surface area contributed by atoms with Gasteiger partial charge in [-0.1, -0.05) is 16.9 Å². The summed E-state index contributed by atoms with van der Waals surface area (Å²) in [5.41, 5.74) is 0.878. The first-order chi connectivity index (χ1) is 14.3. The molecule has 0 atom stereocenters. The lowest BCUT2D eigenvalue weighted by Gasteiger charge is -2.07. The van der Waals surface area contributed by atoms with Gasteiger partial charge in [-0.2, -0.15) is 4.98 Å². The lowest BCUT2D eigenvalue weighted by molar-refractivity contribution is 0.391. The Hall–Kier alpha value is -3.07. The van der Waals surface area contributed by atoms with Crippen molar-refractivity contribution >= 4 is 11.8 Å². The third-order valence-electron chi connectivity index (χ3n) is 4.72. The molecule has 4 aromatic rings. The van der Waals surface area contributed by atoms with Gasteiger partial charge in [-0.15, -0.1) is 10.2 Å². The molecule has 1 aliphatic rings. The number of ether oxygens (including phenoxy) is 1. The summed E-state index contributed by atoms with van der Waals surface area (Å²) in [6.07, 6.45) is 4.01. The number of hydrogen-bond acceptors (Lipinski definition) is 8. The van der Waals surface area contributed by atoms with Crippen molar-refractivity contribution in [3.63, 3.8) is 0 Å². The highest BCUT2D eigenvalue weighted by atomic mass is 32.2. The van der Waals surface area contributed by atoms with Crippen molar-refractivity contribution in [2.45, 2.75) is 36.2 Å². The van der Waals surface area contributed by atoms with Gasteiger partial charge in [0.1, 0.15) is 17.3 Å².